The number of hydrogen-bond donors (Lipinski definition) is 2. The zero-order valence-corrected chi connectivity index (χ0v) is 10.2. The molecule has 6 heteroatoms. The molecule has 2 rings (SSSR count). The largest absolute Gasteiger partial charge is 0.396 e. The molecule has 2 aromatic heterocycles. The number of halogens is 1. The Morgan fingerprint density at radius 2 is 2.35 bits per heavy atom. The van der Waals surface area contributed by atoms with Gasteiger partial charge in [0.05, 0.1) is 12.2 Å². The maximum Gasteiger partial charge on any atom is 0.151 e. The fourth-order valence-corrected chi connectivity index (χ4v) is 1.68. The molecule has 0 fully saturated rings. The minimum absolute atomic E-state index is 0.156. The second kappa shape index (κ2) is 5.05. The summed E-state index contributed by atoms with van der Waals surface area (Å²) in [6, 6.07) is 5.44. The van der Waals surface area contributed by atoms with E-state index in [1.165, 1.54) is 0 Å². The van der Waals surface area contributed by atoms with E-state index in [-0.39, 0.29) is 6.04 Å². The predicted molar refractivity (Wildman–Crippen MR) is 69.0 cm³/mol. The van der Waals surface area contributed by atoms with Crippen molar-refractivity contribution in [2.24, 2.45) is 0 Å². The molecule has 0 aliphatic carbocycles. The lowest BCUT2D eigenvalue weighted by Crippen LogP contribution is -2.23. The molecule has 1 unspecified atom stereocenters. The molecule has 0 saturated carbocycles. The third-order valence-corrected chi connectivity index (χ3v) is 2.51. The molecule has 0 spiro atoms. The first-order valence-electron chi connectivity index (χ1n) is 5.31. The number of pyridine rings is 1. The number of hydrogen-bond acceptors (Lipinski definition) is 4. The molecule has 0 aliphatic rings. The zero-order valence-electron chi connectivity index (χ0n) is 9.47. The first-order valence-corrected chi connectivity index (χ1v) is 5.69. The van der Waals surface area contributed by atoms with Crippen molar-refractivity contribution in [2.45, 2.75) is 19.5 Å². The highest BCUT2D eigenvalue weighted by atomic mass is 35.5. The van der Waals surface area contributed by atoms with Crippen LogP contribution in [0.4, 0.5) is 11.5 Å². The Kier molecular flexibility index (Phi) is 3.49. The van der Waals surface area contributed by atoms with Crippen molar-refractivity contribution in [3.05, 3.63) is 35.7 Å². The Morgan fingerprint density at radius 3 is 3.06 bits per heavy atom. The minimum atomic E-state index is 0.156. The Bertz CT molecular complexity index is 483. The van der Waals surface area contributed by atoms with Crippen LogP contribution in [0.15, 0.2) is 30.6 Å². The van der Waals surface area contributed by atoms with Gasteiger partial charge in [0.1, 0.15) is 5.15 Å². The molecule has 17 heavy (non-hydrogen) atoms. The van der Waals surface area contributed by atoms with E-state index in [4.69, 9.17) is 17.3 Å². The lowest BCUT2D eigenvalue weighted by molar-refractivity contribution is 0.560. The van der Waals surface area contributed by atoms with Gasteiger partial charge in [-0.2, -0.15) is 5.10 Å². The van der Waals surface area contributed by atoms with E-state index in [0.29, 0.717) is 16.7 Å². The van der Waals surface area contributed by atoms with E-state index in [1.54, 1.807) is 18.3 Å². The highest BCUT2D eigenvalue weighted by molar-refractivity contribution is 6.29. The van der Waals surface area contributed by atoms with Crippen LogP contribution in [0.2, 0.25) is 5.15 Å². The van der Waals surface area contributed by atoms with E-state index < -0.39 is 0 Å². The SMILES string of the molecule is CC(Cn1cccn1)Nc1nc(Cl)ccc1N. The van der Waals surface area contributed by atoms with Crippen LogP contribution < -0.4 is 11.1 Å². The fourth-order valence-electron chi connectivity index (χ4n) is 1.53. The molecule has 5 nitrogen and oxygen atoms in total. The van der Waals surface area contributed by atoms with Gasteiger partial charge in [-0.05, 0) is 25.1 Å². The summed E-state index contributed by atoms with van der Waals surface area (Å²) >= 11 is 5.82. The highest BCUT2D eigenvalue weighted by Crippen LogP contribution is 2.19. The van der Waals surface area contributed by atoms with E-state index in [2.05, 4.69) is 15.4 Å². The number of aromatic nitrogens is 3. The molecule has 90 valence electrons. The predicted octanol–water partition coefficient (Wildman–Crippen LogP) is 2.01. The number of rotatable bonds is 4. The number of nitrogens with zero attached hydrogens (tertiary/aromatic N) is 3. The first-order chi connectivity index (χ1) is 8.15. The Labute approximate surface area is 105 Å². The summed E-state index contributed by atoms with van der Waals surface area (Å²) in [5, 5.41) is 7.77. The molecule has 0 radical (unpaired) electrons. The molecule has 0 aliphatic heterocycles. The lowest BCUT2D eigenvalue weighted by Gasteiger charge is -2.16. The summed E-state index contributed by atoms with van der Waals surface area (Å²) in [4.78, 5) is 4.14. The normalized spacial score (nSPS) is 12.4. The van der Waals surface area contributed by atoms with Crippen molar-refractivity contribution in [1.82, 2.24) is 14.8 Å². The second-order valence-electron chi connectivity index (χ2n) is 3.85. The average Bonchev–Trinajstić information content (AvgIpc) is 2.76. The molecule has 0 bridgehead atoms. The van der Waals surface area contributed by atoms with Crippen molar-refractivity contribution in [2.75, 3.05) is 11.1 Å². The van der Waals surface area contributed by atoms with Crippen LogP contribution in [-0.4, -0.2) is 20.8 Å². The minimum Gasteiger partial charge on any atom is -0.396 e. The van der Waals surface area contributed by atoms with Gasteiger partial charge in [-0.25, -0.2) is 4.98 Å². The summed E-state index contributed by atoms with van der Waals surface area (Å²) in [6.45, 7) is 2.77. The molecular weight excluding hydrogens is 238 g/mol. The average molecular weight is 252 g/mol. The van der Waals surface area contributed by atoms with Crippen molar-refractivity contribution in [3.63, 3.8) is 0 Å². The quantitative estimate of drug-likeness (QED) is 0.816. The Morgan fingerprint density at radius 1 is 1.53 bits per heavy atom. The third-order valence-electron chi connectivity index (χ3n) is 2.30. The van der Waals surface area contributed by atoms with E-state index in [9.17, 15) is 0 Å². The van der Waals surface area contributed by atoms with E-state index in [0.717, 1.165) is 6.54 Å². The van der Waals surface area contributed by atoms with Gasteiger partial charge in [-0.3, -0.25) is 4.68 Å². The number of anilines is 2. The van der Waals surface area contributed by atoms with Gasteiger partial charge in [-0.1, -0.05) is 11.6 Å². The Balaban J connectivity index is 2.02. The summed E-state index contributed by atoms with van der Waals surface area (Å²) in [5.41, 5.74) is 6.39. The van der Waals surface area contributed by atoms with Gasteiger partial charge in [0.15, 0.2) is 5.82 Å². The second-order valence-corrected chi connectivity index (χ2v) is 4.23. The maximum absolute atomic E-state index is 5.82. The molecule has 1 atom stereocenters. The topological polar surface area (TPSA) is 68.8 Å². The summed E-state index contributed by atoms with van der Waals surface area (Å²) in [6.07, 6.45) is 3.66. The van der Waals surface area contributed by atoms with Crippen LogP contribution in [0.3, 0.4) is 0 Å². The van der Waals surface area contributed by atoms with Crippen molar-refractivity contribution >= 4 is 23.1 Å². The monoisotopic (exact) mass is 251 g/mol. The first kappa shape index (κ1) is 11.7. The van der Waals surface area contributed by atoms with Crippen molar-refractivity contribution in [1.29, 1.82) is 0 Å². The number of nitrogens with one attached hydrogen (secondary N) is 1. The number of nitrogen functional groups attached to an aromatic ring is 1. The van der Waals surface area contributed by atoms with Gasteiger partial charge in [0, 0.05) is 18.4 Å². The number of nitrogens with two attached hydrogens (primary N) is 1. The lowest BCUT2D eigenvalue weighted by atomic mass is 10.3. The van der Waals surface area contributed by atoms with Gasteiger partial charge >= 0.3 is 0 Å². The van der Waals surface area contributed by atoms with Gasteiger partial charge in [-0.15, -0.1) is 0 Å². The molecule has 0 amide bonds. The van der Waals surface area contributed by atoms with Gasteiger partial charge in [0.25, 0.3) is 0 Å². The van der Waals surface area contributed by atoms with Crippen LogP contribution in [0.25, 0.3) is 0 Å². The Hall–Kier alpha value is -1.75. The molecule has 3 N–H and O–H groups in total. The van der Waals surface area contributed by atoms with E-state index >= 15 is 0 Å². The summed E-state index contributed by atoms with van der Waals surface area (Å²) in [5.74, 6) is 0.608. The van der Waals surface area contributed by atoms with Crippen LogP contribution in [0.1, 0.15) is 6.92 Å². The summed E-state index contributed by atoms with van der Waals surface area (Å²) in [7, 11) is 0. The molecule has 0 saturated heterocycles. The zero-order chi connectivity index (χ0) is 12.3. The van der Waals surface area contributed by atoms with Crippen LogP contribution in [-0.2, 0) is 6.54 Å². The van der Waals surface area contributed by atoms with Crippen LogP contribution in [0, 0.1) is 0 Å². The highest BCUT2D eigenvalue weighted by Gasteiger charge is 2.07. The van der Waals surface area contributed by atoms with Crippen molar-refractivity contribution in [3.8, 4) is 0 Å². The van der Waals surface area contributed by atoms with E-state index in [1.807, 2.05) is 23.9 Å². The standard InChI is InChI=1S/C11H14ClN5/c1-8(7-17-6-2-5-14-17)15-11-9(13)3-4-10(12)16-11/h2-6,8H,7,13H2,1H3,(H,15,16). The summed E-state index contributed by atoms with van der Waals surface area (Å²) < 4.78 is 1.85. The molecule has 2 heterocycles. The van der Waals surface area contributed by atoms with Crippen LogP contribution in [0.5, 0.6) is 0 Å². The third kappa shape index (κ3) is 3.10. The molecule has 2 aromatic rings. The van der Waals surface area contributed by atoms with Gasteiger partial charge in [0.2, 0.25) is 0 Å². The molecular formula is C11H14ClN5. The molecule has 0 aromatic carbocycles. The van der Waals surface area contributed by atoms with Crippen molar-refractivity contribution < 1.29 is 0 Å². The maximum atomic E-state index is 5.82. The van der Waals surface area contributed by atoms with Crippen LogP contribution >= 0.6 is 11.6 Å². The smallest absolute Gasteiger partial charge is 0.151 e. The van der Waals surface area contributed by atoms with Gasteiger partial charge < -0.3 is 11.1 Å². The fraction of sp³-hybridized carbons (Fsp3) is 0.273.